The van der Waals surface area contributed by atoms with Crippen molar-refractivity contribution in [3.8, 4) is 0 Å². The van der Waals surface area contributed by atoms with Crippen molar-refractivity contribution in [1.29, 1.82) is 0 Å². The molecule has 4 aromatic rings. The first kappa shape index (κ1) is 20.2. The van der Waals surface area contributed by atoms with Crippen molar-refractivity contribution in [3.63, 3.8) is 0 Å². The van der Waals surface area contributed by atoms with Crippen LogP contribution in [-0.2, 0) is 4.74 Å². The minimum atomic E-state index is -0.544. The molecule has 0 saturated heterocycles. The lowest BCUT2D eigenvalue weighted by molar-refractivity contribution is 0.0378. The van der Waals surface area contributed by atoms with E-state index in [1.807, 2.05) is 67.6 Å². The summed E-state index contributed by atoms with van der Waals surface area (Å²) in [6, 6.07) is 27.5. The molecule has 1 N–H and O–H groups in total. The van der Waals surface area contributed by atoms with Crippen LogP contribution in [0.2, 0.25) is 0 Å². The highest BCUT2D eigenvalue weighted by molar-refractivity contribution is 6.03. The van der Waals surface area contributed by atoms with Gasteiger partial charge in [-0.25, -0.2) is 4.79 Å². The molecule has 0 radical (unpaired) electrons. The number of benzene rings is 3. The molecule has 0 unspecified atom stereocenters. The van der Waals surface area contributed by atoms with E-state index in [4.69, 9.17) is 9.15 Å². The number of hydrogen-bond acceptors (Lipinski definition) is 4. The average Bonchev–Trinajstić information content (AvgIpc) is 3.35. The molecule has 0 aliphatic rings. The molecule has 31 heavy (non-hydrogen) atoms. The maximum Gasteiger partial charge on any atom is 0.339 e. The van der Waals surface area contributed by atoms with Gasteiger partial charge in [0, 0.05) is 5.69 Å². The standard InChI is InChI=1S/C26H21NO4/c1-18-14-15-21(17-22(18)27-25(28)23-13-8-16-30-23)26(29)31-24(19-9-4-2-5-10-19)20-11-6-3-7-12-20/h2-17,24H,1H3,(H,27,28). The number of hydrogen-bond donors (Lipinski definition) is 1. The summed E-state index contributed by atoms with van der Waals surface area (Å²) in [7, 11) is 0. The van der Waals surface area contributed by atoms with Gasteiger partial charge in [-0.15, -0.1) is 0 Å². The lowest BCUT2D eigenvalue weighted by Crippen LogP contribution is -2.15. The number of ether oxygens (including phenoxy) is 1. The smallest absolute Gasteiger partial charge is 0.339 e. The van der Waals surface area contributed by atoms with Crippen molar-refractivity contribution in [1.82, 2.24) is 0 Å². The van der Waals surface area contributed by atoms with E-state index in [1.54, 1.807) is 30.3 Å². The summed E-state index contributed by atoms with van der Waals surface area (Å²) in [5, 5.41) is 2.78. The molecule has 4 rings (SSSR count). The number of nitrogens with one attached hydrogen (secondary N) is 1. The second-order valence-electron chi connectivity index (χ2n) is 7.07. The van der Waals surface area contributed by atoms with Crippen LogP contribution in [0.1, 0.15) is 43.7 Å². The van der Waals surface area contributed by atoms with Gasteiger partial charge in [0.2, 0.25) is 0 Å². The molecular weight excluding hydrogens is 390 g/mol. The molecule has 0 fully saturated rings. The molecule has 1 amide bonds. The molecule has 0 bridgehead atoms. The van der Waals surface area contributed by atoms with E-state index >= 15 is 0 Å². The van der Waals surface area contributed by atoms with Crippen molar-refractivity contribution in [2.45, 2.75) is 13.0 Å². The maximum absolute atomic E-state index is 13.0. The van der Waals surface area contributed by atoms with Gasteiger partial charge in [0.15, 0.2) is 11.9 Å². The van der Waals surface area contributed by atoms with Gasteiger partial charge >= 0.3 is 5.97 Å². The first-order valence-corrected chi connectivity index (χ1v) is 9.88. The highest BCUT2D eigenvalue weighted by atomic mass is 16.5. The Morgan fingerprint density at radius 1 is 0.839 bits per heavy atom. The highest BCUT2D eigenvalue weighted by Crippen LogP contribution is 2.28. The van der Waals surface area contributed by atoms with Crippen LogP contribution < -0.4 is 5.32 Å². The third-order valence-electron chi connectivity index (χ3n) is 4.90. The van der Waals surface area contributed by atoms with Gasteiger partial charge in [-0.05, 0) is 47.9 Å². The zero-order chi connectivity index (χ0) is 21.6. The van der Waals surface area contributed by atoms with Crippen LogP contribution in [0.3, 0.4) is 0 Å². The second kappa shape index (κ2) is 9.13. The van der Waals surface area contributed by atoms with Crippen molar-refractivity contribution < 1.29 is 18.7 Å². The molecule has 154 valence electrons. The first-order valence-electron chi connectivity index (χ1n) is 9.88. The summed E-state index contributed by atoms with van der Waals surface area (Å²) >= 11 is 0. The quantitative estimate of drug-likeness (QED) is 0.408. The van der Waals surface area contributed by atoms with E-state index in [2.05, 4.69) is 5.32 Å². The van der Waals surface area contributed by atoms with Gasteiger partial charge in [0.25, 0.3) is 5.91 Å². The minimum absolute atomic E-state index is 0.195. The largest absolute Gasteiger partial charge is 0.459 e. The highest BCUT2D eigenvalue weighted by Gasteiger charge is 2.21. The van der Waals surface area contributed by atoms with E-state index in [-0.39, 0.29) is 11.7 Å². The fraction of sp³-hybridized carbons (Fsp3) is 0.0769. The van der Waals surface area contributed by atoms with E-state index in [0.29, 0.717) is 11.3 Å². The van der Waals surface area contributed by atoms with Crippen LogP contribution >= 0.6 is 0 Å². The van der Waals surface area contributed by atoms with Crippen LogP contribution in [0.5, 0.6) is 0 Å². The minimum Gasteiger partial charge on any atom is -0.459 e. The molecule has 0 atom stereocenters. The van der Waals surface area contributed by atoms with Crippen LogP contribution in [0.4, 0.5) is 5.69 Å². The summed E-state index contributed by atoms with van der Waals surface area (Å²) in [4.78, 5) is 25.4. The normalized spacial score (nSPS) is 10.6. The Labute approximate surface area is 180 Å². The Kier molecular flexibility index (Phi) is 5.94. The van der Waals surface area contributed by atoms with Crippen LogP contribution in [0, 0.1) is 6.92 Å². The summed E-state index contributed by atoms with van der Waals surface area (Å²) in [5.74, 6) is -0.670. The maximum atomic E-state index is 13.0. The third-order valence-corrected chi connectivity index (χ3v) is 4.90. The summed E-state index contributed by atoms with van der Waals surface area (Å²) < 4.78 is 11.0. The number of amides is 1. The van der Waals surface area contributed by atoms with Gasteiger partial charge < -0.3 is 14.5 Å². The third kappa shape index (κ3) is 4.73. The predicted molar refractivity (Wildman–Crippen MR) is 118 cm³/mol. The number of aryl methyl sites for hydroxylation is 1. The molecular formula is C26H21NO4. The lowest BCUT2D eigenvalue weighted by atomic mass is 10.0. The van der Waals surface area contributed by atoms with Gasteiger partial charge in [-0.1, -0.05) is 66.7 Å². The van der Waals surface area contributed by atoms with Crippen molar-refractivity contribution in [3.05, 3.63) is 125 Å². The number of anilines is 1. The van der Waals surface area contributed by atoms with Crippen LogP contribution in [0.15, 0.2) is 102 Å². The molecule has 0 saturated carbocycles. The van der Waals surface area contributed by atoms with Gasteiger partial charge in [-0.2, -0.15) is 0 Å². The Bertz CT molecular complexity index is 1130. The van der Waals surface area contributed by atoms with Crippen LogP contribution in [0.25, 0.3) is 0 Å². The molecule has 3 aromatic carbocycles. The van der Waals surface area contributed by atoms with Crippen molar-refractivity contribution >= 4 is 17.6 Å². The van der Waals surface area contributed by atoms with E-state index < -0.39 is 12.1 Å². The van der Waals surface area contributed by atoms with Crippen molar-refractivity contribution in [2.75, 3.05) is 5.32 Å². The average molecular weight is 411 g/mol. The second-order valence-corrected chi connectivity index (χ2v) is 7.07. The Hall–Kier alpha value is -4.12. The first-order chi connectivity index (χ1) is 15.1. The fourth-order valence-electron chi connectivity index (χ4n) is 3.23. The Morgan fingerprint density at radius 2 is 1.48 bits per heavy atom. The van der Waals surface area contributed by atoms with Crippen molar-refractivity contribution in [2.24, 2.45) is 0 Å². The zero-order valence-corrected chi connectivity index (χ0v) is 16.9. The lowest BCUT2D eigenvalue weighted by Gasteiger charge is -2.19. The van der Waals surface area contributed by atoms with E-state index in [1.165, 1.54) is 6.26 Å². The van der Waals surface area contributed by atoms with E-state index in [0.717, 1.165) is 16.7 Å². The number of rotatable bonds is 6. The topological polar surface area (TPSA) is 68.5 Å². The molecule has 5 heteroatoms. The molecule has 0 spiro atoms. The van der Waals surface area contributed by atoms with Gasteiger partial charge in [0.05, 0.1) is 11.8 Å². The number of carbonyl (C=O) groups is 2. The molecule has 0 aliphatic carbocycles. The monoisotopic (exact) mass is 411 g/mol. The number of furan rings is 1. The molecule has 1 aromatic heterocycles. The predicted octanol–water partition coefficient (Wildman–Crippen LogP) is 5.79. The molecule has 0 aliphatic heterocycles. The molecule has 1 heterocycles. The summed E-state index contributed by atoms with van der Waals surface area (Å²) in [5.41, 5.74) is 3.43. The van der Waals surface area contributed by atoms with Gasteiger partial charge in [0.1, 0.15) is 0 Å². The fourth-order valence-corrected chi connectivity index (χ4v) is 3.23. The number of esters is 1. The SMILES string of the molecule is Cc1ccc(C(=O)OC(c2ccccc2)c2ccccc2)cc1NC(=O)c1ccco1. The van der Waals surface area contributed by atoms with Crippen LogP contribution in [-0.4, -0.2) is 11.9 Å². The van der Waals surface area contributed by atoms with Gasteiger partial charge in [-0.3, -0.25) is 4.79 Å². The zero-order valence-electron chi connectivity index (χ0n) is 16.9. The number of carbonyl (C=O) groups excluding carboxylic acids is 2. The van der Waals surface area contributed by atoms with E-state index in [9.17, 15) is 9.59 Å². The Balaban J connectivity index is 1.59. The molecule has 5 nitrogen and oxygen atoms in total. The Morgan fingerprint density at radius 3 is 2.06 bits per heavy atom. The summed E-state index contributed by atoms with van der Waals surface area (Å²) in [6.45, 7) is 1.85. The summed E-state index contributed by atoms with van der Waals surface area (Å²) in [6.07, 6.45) is 0.889.